The van der Waals surface area contributed by atoms with E-state index in [2.05, 4.69) is 4.90 Å². The van der Waals surface area contributed by atoms with Crippen LogP contribution in [0.2, 0.25) is 0 Å². The normalized spacial score (nSPS) is 21.1. The van der Waals surface area contributed by atoms with Crippen LogP contribution < -0.4 is 33.6 Å². The summed E-state index contributed by atoms with van der Waals surface area (Å²) in [4.78, 5) is 96.7. The lowest BCUT2D eigenvalue weighted by atomic mass is 10.1. The lowest BCUT2D eigenvalue weighted by molar-refractivity contribution is -0.220. The van der Waals surface area contributed by atoms with Gasteiger partial charge in [-0.15, -0.1) is 16.8 Å². The first kappa shape index (κ1) is 47.6. The molecule has 10 rings (SSSR count). The number of aliphatic imine (C=N–C) groups is 1. The number of likely N-dealkylation sites (tertiary alicyclic amines) is 1. The maximum absolute atomic E-state index is 14.7. The quantitative estimate of drug-likeness (QED) is 0.107. The van der Waals surface area contributed by atoms with Crippen molar-refractivity contribution in [1.82, 2.24) is 9.96 Å². The monoisotopic (exact) mass is 986 g/mol. The Morgan fingerprint density at radius 2 is 1.42 bits per heavy atom. The number of amides is 5. The van der Waals surface area contributed by atoms with E-state index in [-0.39, 0.29) is 69.3 Å². The highest BCUT2D eigenvalue weighted by atomic mass is 32.2. The van der Waals surface area contributed by atoms with Gasteiger partial charge in [0, 0.05) is 86.2 Å². The molecule has 0 radical (unpaired) electrons. The van der Waals surface area contributed by atoms with E-state index in [4.69, 9.17) is 28.8 Å². The number of thioether (sulfide) groups is 1. The average Bonchev–Trinajstić information content (AvgIpc) is 4.04. The standard InChI is InChI=1S/C52H54N6O12S/c1-52(2,71-44-26-47(61)55(51(44)65)17-16-48(62)70-58-45(59)14-15-46(58)60)29-54-28-33-21-31-11-6-8-13-38(31)57(33)50(64)35-23-41(67-4)43(25-39(35)54)69-19-9-18-68-42-24-36-34(22-40(42)66-3)49(63)56-32(27-53-36)20-30-10-5-7-12-37(30)56/h5-8,10-13,22-25,27,32-33,44-45,59H,9,14-21,26,28-29H2,1-4H3/t32-,33-,44?,45?/m0/s1. The Hall–Kier alpha value is -7.12. The highest BCUT2D eigenvalue weighted by Gasteiger charge is 2.45. The van der Waals surface area contributed by atoms with Crippen LogP contribution in [0, 0.1) is 0 Å². The van der Waals surface area contributed by atoms with Gasteiger partial charge in [0.25, 0.3) is 17.7 Å². The summed E-state index contributed by atoms with van der Waals surface area (Å²) in [5.74, 6) is -0.918. The molecule has 1 N–H and O–H groups in total. The molecule has 18 nitrogen and oxygen atoms in total. The number of fused-ring (bicyclic) bond motifs is 8. The van der Waals surface area contributed by atoms with Gasteiger partial charge in [-0.3, -0.25) is 38.8 Å². The molecule has 2 saturated heterocycles. The third-order valence-electron chi connectivity index (χ3n) is 13.6. The van der Waals surface area contributed by atoms with Crippen LogP contribution in [0.25, 0.3) is 0 Å². The molecule has 0 spiro atoms. The zero-order valence-corrected chi connectivity index (χ0v) is 40.6. The van der Waals surface area contributed by atoms with Gasteiger partial charge in [0.05, 0.1) is 73.7 Å². The number of methoxy groups -OCH3 is 2. The van der Waals surface area contributed by atoms with Crippen LogP contribution in [0.15, 0.2) is 77.8 Å². The first-order valence-electron chi connectivity index (χ1n) is 23.8. The second-order valence-corrected chi connectivity index (χ2v) is 20.8. The molecule has 19 heteroatoms. The van der Waals surface area contributed by atoms with E-state index >= 15 is 0 Å². The molecular formula is C52H54N6O12S. The Morgan fingerprint density at radius 1 is 0.775 bits per heavy atom. The number of aliphatic hydroxyl groups excluding tert-OH is 1. The molecular weight excluding hydrogens is 933 g/mol. The topological polar surface area (TPSA) is 197 Å². The largest absolute Gasteiger partial charge is 0.493 e. The fourth-order valence-corrected chi connectivity index (χ4v) is 11.8. The predicted octanol–water partition coefficient (Wildman–Crippen LogP) is 5.66. The molecule has 4 atom stereocenters. The molecule has 0 aromatic heterocycles. The molecule has 0 bridgehead atoms. The lowest BCUT2D eigenvalue weighted by Gasteiger charge is -2.36. The summed E-state index contributed by atoms with van der Waals surface area (Å²) in [6.07, 6.45) is 2.14. The van der Waals surface area contributed by atoms with E-state index < -0.39 is 39.9 Å². The van der Waals surface area contributed by atoms with Gasteiger partial charge in [-0.05, 0) is 55.7 Å². The molecule has 71 heavy (non-hydrogen) atoms. The van der Waals surface area contributed by atoms with E-state index in [9.17, 15) is 33.9 Å². The van der Waals surface area contributed by atoms with Crippen LogP contribution in [0.1, 0.15) is 77.8 Å². The lowest BCUT2D eigenvalue weighted by Crippen LogP contribution is -2.46. The van der Waals surface area contributed by atoms with E-state index in [0.717, 1.165) is 27.4 Å². The number of ether oxygens (including phenoxy) is 4. The number of hydroxylamine groups is 2. The molecule has 6 heterocycles. The van der Waals surface area contributed by atoms with Gasteiger partial charge in [0.1, 0.15) is 0 Å². The predicted molar refractivity (Wildman–Crippen MR) is 263 cm³/mol. The fourth-order valence-electron chi connectivity index (χ4n) is 10.4. The van der Waals surface area contributed by atoms with Crippen molar-refractivity contribution >= 4 is 76.2 Å². The fraction of sp³-hybridized carbons (Fsp3) is 0.404. The molecule has 0 saturated carbocycles. The number of hydrogen-bond acceptors (Lipinski definition) is 15. The maximum Gasteiger partial charge on any atom is 0.334 e. The smallest absolute Gasteiger partial charge is 0.334 e. The number of anilines is 3. The Balaban J connectivity index is 0.830. The Morgan fingerprint density at radius 3 is 2.11 bits per heavy atom. The third kappa shape index (κ3) is 9.12. The first-order chi connectivity index (χ1) is 34.2. The van der Waals surface area contributed by atoms with Gasteiger partial charge in [-0.2, -0.15) is 0 Å². The van der Waals surface area contributed by atoms with Crippen LogP contribution in [-0.4, -0.2) is 132 Å². The van der Waals surface area contributed by atoms with Crippen LogP contribution >= 0.6 is 11.8 Å². The van der Waals surface area contributed by atoms with Gasteiger partial charge in [-0.1, -0.05) is 36.4 Å². The van der Waals surface area contributed by atoms with Crippen molar-refractivity contribution in [2.75, 3.05) is 61.8 Å². The number of nitrogens with zero attached hydrogens (tertiary/aromatic N) is 6. The molecule has 6 aliphatic heterocycles. The molecule has 2 unspecified atom stereocenters. The van der Waals surface area contributed by atoms with Crippen molar-refractivity contribution in [1.29, 1.82) is 0 Å². The Labute approximate surface area is 414 Å². The second-order valence-electron chi connectivity index (χ2n) is 18.9. The van der Waals surface area contributed by atoms with E-state index in [0.29, 0.717) is 82.9 Å². The van der Waals surface area contributed by atoms with Gasteiger partial charge in [0.2, 0.25) is 11.8 Å². The second kappa shape index (κ2) is 19.2. The molecule has 370 valence electrons. The summed E-state index contributed by atoms with van der Waals surface area (Å²) in [7, 11) is 3.05. The summed E-state index contributed by atoms with van der Waals surface area (Å²) < 4.78 is 23.5. The van der Waals surface area contributed by atoms with Crippen molar-refractivity contribution in [2.45, 2.75) is 87.1 Å². The minimum absolute atomic E-state index is 0.0468. The summed E-state index contributed by atoms with van der Waals surface area (Å²) >= 11 is 1.36. The van der Waals surface area contributed by atoms with Crippen molar-refractivity contribution in [3.05, 3.63) is 95.1 Å². The maximum atomic E-state index is 14.7. The minimum atomic E-state index is -1.23. The summed E-state index contributed by atoms with van der Waals surface area (Å²) in [6.45, 7) is 5.05. The highest BCUT2D eigenvalue weighted by molar-refractivity contribution is 8.02. The molecule has 5 amide bonds. The molecule has 6 aliphatic rings. The van der Waals surface area contributed by atoms with E-state index in [1.54, 1.807) is 23.1 Å². The summed E-state index contributed by atoms with van der Waals surface area (Å²) in [6, 6.07) is 22.3. The first-order valence-corrected chi connectivity index (χ1v) is 24.6. The zero-order valence-electron chi connectivity index (χ0n) is 39.8. The zero-order chi connectivity index (χ0) is 49.7. The number of imide groups is 1. The van der Waals surface area contributed by atoms with E-state index in [1.165, 1.54) is 26.0 Å². The SMILES string of the molecule is COc1cc2c(cc1OCCCOc1cc3c(cc1OC)C(=O)N1c4ccccc4C[C@H]1CN3CC(C)(C)SC1CC(=O)N(CCC(=O)ON3C(=O)CCC3O)C1=O)N=C[C@@H]1Cc3ccccc3N1C2=O. The summed E-state index contributed by atoms with van der Waals surface area (Å²) in [5, 5.41) is 9.86. The number of aliphatic hydroxyl groups is 1. The van der Waals surface area contributed by atoms with Crippen molar-refractivity contribution in [3.63, 3.8) is 0 Å². The van der Waals surface area contributed by atoms with Crippen LogP contribution in [0.3, 0.4) is 0 Å². The number of benzene rings is 4. The van der Waals surface area contributed by atoms with Crippen LogP contribution in [0.5, 0.6) is 23.0 Å². The minimum Gasteiger partial charge on any atom is -0.493 e. The number of para-hydroxylation sites is 2. The third-order valence-corrected chi connectivity index (χ3v) is 15.0. The molecule has 4 aromatic carbocycles. The number of carbonyl (C=O) groups is 6. The van der Waals surface area contributed by atoms with Crippen molar-refractivity contribution < 1.29 is 57.7 Å². The summed E-state index contributed by atoms with van der Waals surface area (Å²) in [5.41, 5.74) is 5.86. The molecule has 4 aromatic rings. The Bertz CT molecular complexity index is 2870. The highest BCUT2D eigenvalue weighted by Crippen LogP contribution is 2.45. The van der Waals surface area contributed by atoms with Gasteiger partial charge >= 0.3 is 5.97 Å². The number of rotatable bonds is 16. The Kier molecular flexibility index (Phi) is 12.9. The number of carbonyl (C=O) groups excluding carboxylic acids is 6. The van der Waals surface area contributed by atoms with Gasteiger partial charge in [-0.25, -0.2) is 4.79 Å². The van der Waals surface area contributed by atoms with Crippen LogP contribution in [-0.2, 0) is 36.9 Å². The molecule has 2 fully saturated rings. The van der Waals surface area contributed by atoms with Crippen molar-refractivity contribution in [3.8, 4) is 23.0 Å². The van der Waals surface area contributed by atoms with E-state index in [1.807, 2.05) is 79.6 Å². The van der Waals surface area contributed by atoms with Crippen LogP contribution in [0.4, 0.5) is 22.7 Å². The molecule has 0 aliphatic carbocycles. The average molecular weight is 987 g/mol. The van der Waals surface area contributed by atoms with Crippen molar-refractivity contribution in [2.24, 2.45) is 4.99 Å². The van der Waals surface area contributed by atoms with Gasteiger partial charge < -0.3 is 38.7 Å². The van der Waals surface area contributed by atoms with Gasteiger partial charge in [0.15, 0.2) is 29.2 Å². The number of hydrogen-bond donors (Lipinski definition) is 1.